The van der Waals surface area contributed by atoms with Crippen LogP contribution in [0.25, 0.3) is 23.1 Å². The van der Waals surface area contributed by atoms with E-state index in [9.17, 15) is 8.78 Å². The van der Waals surface area contributed by atoms with E-state index in [4.69, 9.17) is 0 Å². The normalized spacial score (nSPS) is 11.9. The number of para-hydroxylation sites is 1. The van der Waals surface area contributed by atoms with Gasteiger partial charge in [-0.2, -0.15) is 5.10 Å². The van der Waals surface area contributed by atoms with Crippen molar-refractivity contribution in [2.24, 2.45) is 0 Å². The number of H-pyrrole nitrogens is 1. The summed E-state index contributed by atoms with van der Waals surface area (Å²) in [5.74, 6) is -1.03. The fraction of sp³-hybridized carbons (Fsp3) is 0.250. The molecule has 3 rings (SSSR count). The fourth-order valence-corrected chi connectivity index (χ4v) is 2.83. The molecule has 1 heterocycles. The first-order valence-corrected chi connectivity index (χ1v) is 8.43. The lowest BCUT2D eigenvalue weighted by Gasteiger charge is -2.19. The molecule has 0 unspecified atom stereocenters. The number of hydrogen-bond donors (Lipinski definition) is 1. The molecule has 25 heavy (non-hydrogen) atoms. The summed E-state index contributed by atoms with van der Waals surface area (Å²) in [5.41, 5.74) is 2.26. The standard InChI is InChI=1S/C20H21F2N3/c1-3-25(4-2)13-16-17(21)11-14(12-18(16)22)9-10-20-15-7-5-6-8-19(15)23-24-20/h5-12H,3-4,13H2,1-2H3,(H,23,24)/b10-9+. The summed E-state index contributed by atoms with van der Waals surface area (Å²) in [5, 5.41) is 8.13. The molecular formula is C20H21F2N3. The van der Waals surface area contributed by atoms with Gasteiger partial charge in [0, 0.05) is 17.5 Å². The molecule has 0 atom stereocenters. The molecule has 0 aliphatic rings. The highest BCUT2D eigenvalue weighted by molar-refractivity contribution is 5.89. The lowest BCUT2D eigenvalue weighted by atomic mass is 10.1. The molecule has 0 amide bonds. The predicted molar refractivity (Wildman–Crippen MR) is 98.0 cm³/mol. The minimum absolute atomic E-state index is 0.117. The van der Waals surface area contributed by atoms with E-state index in [1.807, 2.05) is 43.0 Å². The molecule has 3 aromatic rings. The van der Waals surface area contributed by atoms with E-state index in [-0.39, 0.29) is 12.1 Å². The van der Waals surface area contributed by atoms with Crippen molar-refractivity contribution < 1.29 is 8.78 Å². The largest absolute Gasteiger partial charge is 0.299 e. The molecule has 0 saturated heterocycles. The van der Waals surface area contributed by atoms with Crippen LogP contribution in [0.1, 0.15) is 30.7 Å². The molecule has 0 aliphatic carbocycles. The van der Waals surface area contributed by atoms with Crippen molar-refractivity contribution in [1.29, 1.82) is 0 Å². The van der Waals surface area contributed by atoms with Crippen molar-refractivity contribution >= 4 is 23.1 Å². The van der Waals surface area contributed by atoms with Crippen LogP contribution in [0.15, 0.2) is 36.4 Å². The van der Waals surface area contributed by atoms with Gasteiger partial charge in [0.15, 0.2) is 0 Å². The van der Waals surface area contributed by atoms with Crippen LogP contribution in [-0.2, 0) is 6.54 Å². The van der Waals surface area contributed by atoms with Crippen molar-refractivity contribution in [2.75, 3.05) is 13.1 Å². The van der Waals surface area contributed by atoms with E-state index in [0.29, 0.717) is 5.56 Å². The zero-order valence-corrected chi connectivity index (χ0v) is 14.4. The molecule has 5 heteroatoms. The third-order valence-corrected chi connectivity index (χ3v) is 4.37. The van der Waals surface area contributed by atoms with Gasteiger partial charge in [0.2, 0.25) is 0 Å². The lowest BCUT2D eigenvalue weighted by Crippen LogP contribution is -2.23. The topological polar surface area (TPSA) is 31.9 Å². The number of fused-ring (bicyclic) bond motifs is 1. The molecule has 3 nitrogen and oxygen atoms in total. The van der Waals surface area contributed by atoms with E-state index in [0.717, 1.165) is 29.7 Å². The van der Waals surface area contributed by atoms with Gasteiger partial charge in [-0.1, -0.05) is 38.1 Å². The molecular weight excluding hydrogens is 320 g/mol. The van der Waals surface area contributed by atoms with E-state index >= 15 is 0 Å². The van der Waals surface area contributed by atoms with Crippen LogP contribution < -0.4 is 0 Å². The average molecular weight is 341 g/mol. The molecule has 0 fully saturated rings. The molecule has 0 spiro atoms. The minimum Gasteiger partial charge on any atom is -0.299 e. The molecule has 1 N–H and O–H groups in total. The minimum atomic E-state index is -0.515. The molecule has 0 bridgehead atoms. The molecule has 2 aromatic carbocycles. The maximum absolute atomic E-state index is 14.3. The third-order valence-electron chi connectivity index (χ3n) is 4.37. The Morgan fingerprint density at radius 1 is 1.04 bits per heavy atom. The van der Waals surface area contributed by atoms with Gasteiger partial charge < -0.3 is 0 Å². The van der Waals surface area contributed by atoms with Gasteiger partial charge in [0.1, 0.15) is 11.6 Å². The van der Waals surface area contributed by atoms with Gasteiger partial charge >= 0.3 is 0 Å². The lowest BCUT2D eigenvalue weighted by molar-refractivity contribution is 0.286. The molecule has 0 aliphatic heterocycles. The Labute approximate surface area is 146 Å². The van der Waals surface area contributed by atoms with Crippen LogP contribution in [0.3, 0.4) is 0 Å². The van der Waals surface area contributed by atoms with Gasteiger partial charge in [-0.3, -0.25) is 10.00 Å². The maximum atomic E-state index is 14.3. The molecule has 0 saturated carbocycles. The number of aromatic nitrogens is 2. The van der Waals surface area contributed by atoms with Crippen molar-refractivity contribution in [1.82, 2.24) is 15.1 Å². The third kappa shape index (κ3) is 3.77. The van der Waals surface area contributed by atoms with Gasteiger partial charge in [-0.25, -0.2) is 8.78 Å². The first-order valence-electron chi connectivity index (χ1n) is 8.43. The summed E-state index contributed by atoms with van der Waals surface area (Å²) in [7, 11) is 0. The molecule has 130 valence electrons. The van der Waals surface area contributed by atoms with E-state index < -0.39 is 11.6 Å². The van der Waals surface area contributed by atoms with Crippen LogP contribution in [0, 0.1) is 11.6 Å². The second kappa shape index (κ2) is 7.57. The summed E-state index contributed by atoms with van der Waals surface area (Å²) < 4.78 is 28.7. The van der Waals surface area contributed by atoms with Gasteiger partial charge in [-0.05, 0) is 42.9 Å². The first-order chi connectivity index (χ1) is 12.1. The summed E-state index contributed by atoms with van der Waals surface area (Å²) in [6.07, 6.45) is 3.44. The van der Waals surface area contributed by atoms with E-state index in [1.165, 1.54) is 12.1 Å². The highest BCUT2D eigenvalue weighted by atomic mass is 19.1. The molecule has 0 radical (unpaired) electrons. The Kier molecular flexibility index (Phi) is 5.24. The second-order valence-electron chi connectivity index (χ2n) is 5.91. The number of aromatic amines is 1. The summed E-state index contributed by atoms with van der Waals surface area (Å²) >= 11 is 0. The Morgan fingerprint density at radius 2 is 1.72 bits per heavy atom. The quantitative estimate of drug-likeness (QED) is 0.695. The summed E-state index contributed by atoms with van der Waals surface area (Å²) in [4.78, 5) is 1.98. The smallest absolute Gasteiger partial charge is 0.131 e. The van der Waals surface area contributed by atoms with Gasteiger partial charge in [0.25, 0.3) is 0 Å². The number of nitrogens with one attached hydrogen (secondary N) is 1. The van der Waals surface area contributed by atoms with Crippen LogP contribution >= 0.6 is 0 Å². The number of halogens is 2. The van der Waals surface area contributed by atoms with Crippen LogP contribution in [0.2, 0.25) is 0 Å². The van der Waals surface area contributed by atoms with Crippen molar-refractivity contribution in [3.05, 3.63) is 64.9 Å². The highest BCUT2D eigenvalue weighted by Gasteiger charge is 2.13. The monoisotopic (exact) mass is 341 g/mol. The van der Waals surface area contributed by atoms with Crippen LogP contribution in [0.4, 0.5) is 8.78 Å². The Balaban J connectivity index is 1.86. The zero-order valence-electron chi connectivity index (χ0n) is 14.4. The summed E-state index contributed by atoms with van der Waals surface area (Å²) in [6.45, 7) is 5.74. The Morgan fingerprint density at radius 3 is 2.40 bits per heavy atom. The SMILES string of the molecule is CCN(CC)Cc1c(F)cc(/C=C/c2n[nH]c3ccccc23)cc1F. The van der Waals surface area contributed by atoms with Crippen molar-refractivity contribution in [2.45, 2.75) is 20.4 Å². The number of nitrogens with zero attached hydrogens (tertiary/aromatic N) is 2. The molecule has 1 aromatic heterocycles. The summed E-state index contributed by atoms with van der Waals surface area (Å²) in [6, 6.07) is 10.5. The van der Waals surface area contributed by atoms with Gasteiger partial charge in [0.05, 0.1) is 11.2 Å². The van der Waals surface area contributed by atoms with Gasteiger partial charge in [-0.15, -0.1) is 0 Å². The number of rotatable bonds is 6. The Hall–Kier alpha value is -2.53. The number of hydrogen-bond acceptors (Lipinski definition) is 2. The van der Waals surface area contributed by atoms with Crippen molar-refractivity contribution in [3.8, 4) is 0 Å². The highest BCUT2D eigenvalue weighted by Crippen LogP contribution is 2.21. The Bertz CT molecular complexity index is 872. The number of benzene rings is 2. The zero-order chi connectivity index (χ0) is 17.8. The van der Waals surface area contributed by atoms with Crippen LogP contribution in [0.5, 0.6) is 0 Å². The van der Waals surface area contributed by atoms with E-state index in [1.54, 1.807) is 12.2 Å². The van der Waals surface area contributed by atoms with E-state index in [2.05, 4.69) is 10.2 Å². The fourth-order valence-electron chi connectivity index (χ4n) is 2.83. The second-order valence-corrected chi connectivity index (χ2v) is 5.91. The van der Waals surface area contributed by atoms with Crippen LogP contribution in [-0.4, -0.2) is 28.2 Å². The van der Waals surface area contributed by atoms with Crippen molar-refractivity contribution in [3.63, 3.8) is 0 Å². The predicted octanol–water partition coefficient (Wildman–Crippen LogP) is 4.85. The average Bonchev–Trinajstić information content (AvgIpc) is 3.03. The first kappa shape index (κ1) is 17.3. The maximum Gasteiger partial charge on any atom is 0.131 e.